The van der Waals surface area contributed by atoms with E-state index in [1.807, 2.05) is 43.3 Å². The van der Waals surface area contributed by atoms with Gasteiger partial charge in [-0.25, -0.2) is 4.39 Å². The van der Waals surface area contributed by atoms with Gasteiger partial charge in [-0.1, -0.05) is 0 Å². The van der Waals surface area contributed by atoms with Crippen molar-refractivity contribution in [3.8, 4) is 5.75 Å². The third-order valence-corrected chi connectivity index (χ3v) is 5.19. The molecule has 162 valence electrons. The number of hydrogen-bond acceptors (Lipinski definition) is 7. The average molecular weight is 425 g/mol. The fourth-order valence-electron chi connectivity index (χ4n) is 3.64. The first-order valence-electron chi connectivity index (χ1n) is 10.4. The number of anilines is 4. The number of ether oxygens (including phenoxy) is 1. The van der Waals surface area contributed by atoms with Gasteiger partial charge in [0.15, 0.2) is 5.82 Å². The van der Waals surface area contributed by atoms with Gasteiger partial charge < -0.3 is 25.6 Å². The minimum Gasteiger partial charge on any atom is -0.494 e. The van der Waals surface area contributed by atoms with Gasteiger partial charge in [-0.15, -0.1) is 0 Å². The molecule has 2 heterocycles. The van der Waals surface area contributed by atoms with Crippen LogP contribution in [0.2, 0.25) is 0 Å². The molecule has 4 N–H and O–H groups in total. The Morgan fingerprint density at radius 2 is 1.74 bits per heavy atom. The number of rotatable bonds is 7. The SMILES string of the molecule is CCOc1ccc(Nc2nc(N)nc(C[NH+]3CCN(c4ccc(F)cc4)CC3)n2)cc1. The quantitative estimate of drug-likeness (QED) is 0.531. The summed E-state index contributed by atoms with van der Waals surface area (Å²) in [6, 6.07) is 14.2. The molecule has 0 spiro atoms. The van der Waals surface area contributed by atoms with Crippen LogP contribution in [0, 0.1) is 5.82 Å². The number of aromatic nitrogens is 3. The highest BCUT2D eigenvalue weighted by Crippen LogP contribution is 2.18. The minimum absolute atomic E-state index is 0.197. The summed E-state index contributed by atoms with van der Waals surface area (Å²) in [6.45, 7) is 6.89. The summed E-state index contributed by atoms with van der Waals surface area (Å²) >= 11 is 0. The third kappa shape index (κ3) is 5.58. The van der Waals surface area contributed by atoms with Gasteiger partial charge in [-0.05, 0) is 55.5 Å². The maximum atomic E-state index is 13.1. The highest BCUT2D eigenvalue weighted by molar-refractivity contribution is 5.55. The fraction of sp³-hybridized carbons (Fsp3) is 0.318. The Kier molecular flexibility index (Phi) is 6.42. The molecule has 0 radical (unpaired) electrons. The summed E-state index contributed by atoms with van der Waals surface area (Å²) in [5, 5.41) is 3.18. The summed E-state index contributed by atoms with van der Waals surface area (Å²) in [7, 11) is 0. The molecule has 0 saturated carbocycles. The summed E-state index contributed by atoms with van der Waals surface area (Å²) < 4.78 is 18.6. The normalized spacial score (nSPS) is 14.5. The molecule has 1 aromatic heterocycles. The van der Waals surface area contributed by atoms with Crippen LogP contribution in [0.5, 0.6) is 5.75 Å². The van der Waals surface area contributed by atoms with Gasteiger partial charge >= 0.3 is 0 Å². The van der Waals surface area contributed by atoms with Gasteiger partial charge in [-0.2, -0.15) is 15.0 Å². The number of nitrogens with zero attached hydrogens (tertiary/aromatic N) is 4. The number of quaternary nitrogens is 1. The van der Waals surface area contributed by atoms with Gasteiger partial charge in [0.25, 0.3) is 0 Å². The smallest absolute Gasteiger partial charge is 0.232 e. The lowest BCUT2D eigenvalue weighted by molar-refractivity contribution is -0.915. The molecular formula is C22H27FN7O+. The Labute approximate surface area is 180 Å². The van der Waals surface area contributed by atoms with E-state index in [4.69, 9.17) is 10.5 Å². The van der Waals surface area contributed by atoms with Crippen LogP contribution in [0.15, 0.2) is 48.5 Å². The third-order valence-electron chi connectivity index (χ3n) is 5.19. The zero-order chi connectivity index (χ0) is 21.6. The molecule has 1 aliphatic rings. The number of hydrogen-bond donors (Lipinski definition) is 3. The van der Waals surface area contributed by atoms with Crippen molar-refractivity contribution in [2.45, 2.75) is 13.5 Å². The van der Waals surface area contributed by atoms with Crippen molar-refractivity contribution in [2.75, 3.05) is 48.7 Å². The molecule has 0 aliphatic carbocycles. The Bertz CT molecular complexity index is 990. The maximum Gasteiger partial charge on any atom is 0.232 e. The first-order valence-corrected chi connectivity index (χ1v) is 10.4. The molecular weight excluding hydrogens is 397 g/mol. The van der Waals surface area contributed by atoms with Crippen LogP contribution in [0.3, 0.4) is 0 Å². The number of piperazine rings is 1. The van der Waals surface area contributed by atoms with E-state index >= 15 is 0 Å². The van der Waals surface area contributed by atoms with Gasteiger partial charge in [0.1, 0.15) is 18.1 Å². The molecule has 0 unspecified atom stereocenters. The van der Waals surface area contributed by atoms with E-state index in [9.17, 15) is 4.39 Å². The van der Waals surface area contributed by atoms with Crippen molar-refractivity contribution in [3.63, 3.8) is 0 Å². The van der Waals surface area contributed by atoms with Crippen LogP contribution in [0.25, 0.3) is 0 Å². The molecule has 4 rings (SSSR count). The predicted molar refractivity (Wildman–Crippen MR) is 118 cm³/mol. The van der Waals surface area contributed by atoms with E-state index in [1.165, 1.54) is 17.0 Å². The number of nitrogens with two attached hydrogens (primary N) is 1. The molecule has 31 heavy (non-hydrogen) atoms. The molecule has 0 amide bonds. The van der Waals surface area contributed by atoms with Crippen LogP contribution in [-0.2, 0) is 6.54 Å². The molecule has 0 bridgehead atoms. The molecule has 0 atom stereocenters. The van der Waals surface area contributed by atoms with Crippen molar-refractivity contribution in [3.05, 3.63) is 60.2 Å². The van der Waals surface area contributed by atoms with Crippen molar-refractivity contribution in [1.29, 1.82) is 0 Å². The van der Waals surface area contributed by atoms with E-state index in [0.717, 1.165) is 43.3 Å². The highest BCUT2D eigenvalue weighted by atomic mass is 19.1. The van der Waals surface area contributed by atoms with Crippen LogP contribution >= 0.6 is 0 Å². The monoisotopic (exact) mass is 424 g/mol. The van der Waals surface area contributed by atoms with Crippen LogP contribution < -0.4 is 25.6 Å². The maximum absolute atomic E-state index is 13.1. The summed E-state index contributed by atoms with van der Waals surface area (Å²) in [5.41, 5.74) is 7.82. The molecule has 2 aromatic carbocycles. The van der Waals surface area contributed by atoms with Crippen LogP contribution in [0.4, 0.5) is 27.7 Å². The summed E-state index contributed by atoms with van der Waals surface area (Å²) in [4.78, 5) is 16.7. The summed E-state index contributed by atoms with van der Waals surface area (Å²) in [6.07, 6.45) is 0. The number of benzene rings is 2. The van der Waals surface area contributed by atoms with Crippen molar-refractivity contribution < 1.29 is 14.0 Å². The lowest BCUT2D eigenvalue weighted by Gasteiger charge is -2.33. The fourth-order valence-corrected chi connectivity index (χ4v) is 3.64. The molecule has 1 saturated heterocycles. The van der Waals surface area contributed by atoms with Gasteiger partial charge in [0.2, 0.25) is 11.9 Å². The van der Waals surface area contributed by atoms with E-state index in [-0.39, 0.29) is 11.8 Å². The van der Waals surface area contributed by atoms with Crippen molar-refractivity contribution in [1.82, 2.24) is 15.0 Å². The number of nitrogens with one attached hydrogen (secondary N) is 2. The van der Waals surface area contributed by atoms with E-state index in [1.54, 1.807) is 0 Å². The van der Waals surface area contributed by atoms with Gasteiger partial charge in [0, 0.05) is 11.4 Å². The van der Waals surface area contributed by atoms with E-state index < -0.39 is 0 Å². The summed E-state index contributed by atoms with van der Waals surface area (Å²) in [5.74, 6) is 1.88. The topological polar surface area (TPSA) is 93.6 Å². The minimum atomic E-state index is -0.213. The van der Waals surface area contributed by atoms with Gasteiger partial charge in [0.05, 0.1) is 32.8 Å². The lowest BCUT2D eigenvalue weighted by Crippen LogP contribution is -3.13. The molecule has 1 aliphatic heterocycles. The molecule has 1 fully saturated rings. The lowest BCUT2D eigenvalue weighted by atomic mass is 10.2. The highest BCUT2D eigenvalue weighted by Gasteiger charge is 2.22. The molecule has 8 nitrogen and oxygen atoms in total. The predicted octanol–water partition coefficient (Wildman–Crippen LogP) is 1.64. The second-order valence-corrected chi connectivity index (χ2v) is 7.41. The average Bonchev–Trinajstić information content (AvgIpc) is 2.76. The van der Waals surface area contributed by atoms with E-state index in [0.29, 0.717) is 24.9 Å². The second-order valence-electron chi connectivity index (χ2n) is 7.41. The molecule has 3 aromatic rings. The van der Waals surface area contributed by atoms with Crippen LogP contribution in [-0.4, -0.2) is 47.7 Å². The second kappa shape index (κ2) is 9.57. The number of nitrogen functional groups attached to an aromatic ring is 1. The largest absolute Gasteiger partial charge is 0.494 e. The van der Waals surface area contributed by atoms with Crippen LogP contribution in [0.1, 0.15) is 12.7 Å². The zero-order valence-corrected chi connectivity index (χ0v) is 17.5. The van der Waals surface area contributed by atoms with Gasteiger partial charge in [-0.3, -0.25) is 0 Å². The van der Waals surface area contributed by atoms with Crippen molar-refractivity contribution in [2.24, 2.45) is 0 Å². The number of halogens is 1. The molecule has 9 heteroatoms. The van der Waals surface area contributed by atoms with E-state index in [2.05, 4.69) is 25.2 Å². The first-order chi connectivity index (χ1) is 15.1. The zero-order valence-electron chi connectivity index (χ0n) is 17.5. The first kappa shape index (κ1) is 20.8. The standard InChI is InChI=1S/C22H26FN7O/c1-2-31-19-9-5-17(6-10-19)25-22-27-20(26-21(24)28-22)15-29-11-13-30(14-12-29)18-7-3-16(23)4-8-18/h3-10H,2,11-15H2,1H3,(H3,24,25,26,27,28)/p+1. The Morgan fingerprint density at radius 1 is 1.03 bits per heavy atom. The Hall–Kier alpha value is -3.46. The Balaban J connectivity index is 1.36. The Morgan fingerprint density at radius 3 is 2.42 bits per heavy atom. The van der Waals surface area contributed by atoms with Crippen molar-refractivity contribution >= 4 is 23.3 Å².